The zero-order valence-electron chi connectivity index (χ0n) is 11.4. The molecule has 0 saturated heterocycles. The molecule has 0 amide bonds. The van der Waals surface area contributed by atoms with Gasteiger partial charge in [0.15, 0.2) is 0 Å². The molecule has 0 radical (unpaired) electrons. The number of carbonyl (C=O) groups excluding carboxylic acids is 1. The molecule has 0 unspecified atom stereocenters. The maximum Gasteiger partial charge on any atom is 0.345 e. The summed E-state index contributed by atoms with van der Waals surface area (Å²) in [6.45, 7) is 3.62. The lowest BCUT2D eigenvalue weighted by Gasteiger charge is -2.10. The van der Waals surface area contributed by atoms with Crippen LogP contribution in [0.5, 0.6) is 5.75 Å². The van der Waals surface area contributed by atoms with Crippen LogP contribution in [0.1, 0.15) is 21.5 Å². The van der Waals surface area contributed by atoms with Gasteiger partial charge in [-0.1, -0.05) is 29.8 Å². The van der Waals surface area contributed by atoms with Crippen molar-refractivity contribution < 1.29 is 14.5 Å². The standard InChI is InChI=1S/C15H12ClNO4/c1-9-4-3-5-10(2)14(9)21-15(18)12-8-11(17(19)20)6-7-13(12)16/h3-8H,1-2H3. The van der Waals surface area contributed by atoms with Crippen LogP contribution in [0.15, 0.2) is 36.4 Å². The summed E-state index contributed by atoms with van der Waals surface area (Å²) in [5.41, 5.74) is 1.34. The van der Waals surface area contributed by atoms with Crippen molar-refractivity contribution in [1.82, 2.24) is 0 Å². The van der Waals surface area contributed by atoms with E-state index >= 15 is 0 Å². The minimum Gasteiger partial charge on any atom is -0.422 e. The minimum absolute atomic E-state index is 0.0338. The topological polar surface area (TPSA) is 69.4 Å². The largest absolute Gasteiger partial charge is 0.422 e. The van der Waals surface area contributed by atoms with Crippen LogP contribution in [0.4, 0.5) is 5.69 Å². The molecule has 0 spiro atoms. The lowest BCUT2D eigenvalue weighted by Crippen LogP contribution is -2.11. The van der Waals surface area contributed by atoms with E-state index in [0.29, 0.717) is 5.75 Å². The van der Waals surface area contributed by atoms with Crippen molar-refractivity contribution in [2.24, 2.45) is 0 Å². The number of nitro groups is 1. The predicted molar refractivity (Wildman–Crippen MR) is 79.0 cm³/mol. The number of nitrogens with zero attached hydrogens (tertiary/aromatic N) is 1. The van der Waals surface area contributed by atoms with Gasteiger partial charge in [-0.05, 0) is 31.0 Å². The highest BCUT2D eigenvalue weighted by atomic mass is 35.5. The van der Waals surface area contributed by atoms with E-state index in [2.05, 4.69) is 0 Å². The molecule has 0 fully saturated rings. The number of non-ortho nitro benzene ring substituents is 1. The van der Waals surface area contributed by atoms with Crippen molar-refractivity contribution in [2.45, 2.75) is 13.8 Å². The van der Waals surface area contributed by atoms with E-state index in [9.17, 15) is 14.9 Å². The summed E-state index contributed by atoms with van der Waals surface area (Å²) in [7, 11) is 0. The van der Waals surface area contributed by atoms with Crippen LogP contribution in [0.3, 0.4) is 0 Å². The van der Waals surface area contributed by atoms with Crippen molar-refractivity contribution in [3.63, 3.8) is 0 Å². The number of hydrogen-bond donors (Lipinski definition) is 0. The summed E-state index contributed by atoms with van der Waals surface area (Å²) in [6, 6.07) is 9.12. The second-order valence-corrected chi connectivity index (χ2v) is 4.94. The fraction of sp³-hybridized carbons (Fsp3) is 0.133. The fourth-order valence-electron chi connectivity index (χ4n) is 1.89. The van der Waals surface area contributed by atoms with Crippen LogP contribution >= 0.6 is 11.6 Å². The Labute approximate surface area is 126 Å². The maximum absolute atomic E-state index is 12.2. The average molecular weight is 306 g/mol. The number of rotatable bonds is 3. The van der Waals surface area contributed by atoms with Gasteiger partial charge in [0, 0.05) is 12.1 Å². The van der Waals surface area contributed by atoms with Crippen LogP contribution in [0.2, 0.25) is 5.02 Å². The first-order valence-electron chi connectivity index (χ1n) is 6.12. The number of benzene rings is 2. The van der Waals surface area contributed by atoms with E-state index in [1.165, 1.54) is 12.1 Å². The van der Waals surface area contributed by atoms with Crippen LogP contribution in [-0.2, 0) is 0 Å². The normalized spacial score (nSPS) is 10.2. The Bertz CT molecular complexity index is 707. The van der Waals surface area contributed by atoms with Crippen LogP contribution in [0, 0.1) is 24.0 Å². The minimum atomic E-state index is -0.721. The van der Waals surface area contributed by atoms with Gasteiger partial charge in [0.1, 0.15) is 5.75 Å². The van der Waals surface area contributed by atoms with Gasteiger partial charge in [-0.25, -0.2) is 4.79 Å². The highest BCUT2D eigenvalue weighted by Crippen LogP contribution is 2.27. The Kier molecular flexibility index (Phi) is 4.23. The molecule has 5 nitrogen and oxygen atoms in total. The first kappa shape index (κ1) is 15.0. The van der Waals surface area contributed by atoms with Gasteiger partial charge in [0.25, 0.3) is 5.69 Å². The number of carbonyl (C=O) groups is 1. The Morgan fingerprint density at radius 2 is 1.81 bits per heavy atom. The van der Waals surface area contributed by atoms with Crippen LogP contribution in [-0.4, -0.2) is 10.9 Å². The molecule has 6 heteroatoms. The quantitative estimate of drug-likeness (QED) is 0.371. The molecule has 0 bridgehead atoms. The first-order valence-corrected chi connectivity index (χ1v) is 6.50. The lowest BCUT2D eigenvalue weighted by molar-refractivity contribution is -0.384. The van der Waals surface area contributed by atoms with E-state index < -0.39 is 10.9 Å². The lowest BCUT2D eigenvalue weighted by atomic mass is 10.1. The van der Waals surface area contributed by atoms with Gasteiger partial charge in [0.05, 0.1) is 15.5 Å². The molecule has 0 aromatic heterocycles. The van der Waals surface area contributed by atoms with E-state index in [-0.39, 0.29) is 16.3 Å². The van der Waals surface area contributed by atoms with Crippen molar-refractivity contribution in [3.8, 4) is 5.75 Å². The summed E-state index contributed by atoms with van der Waals surface area (Å²) >= 11 is 5.92. The maximum atomic E-state index is 12.2. The van der Waals surface area contributed by atoms with Crippen molar-refractivity contribution in [2.75, 3.05) is 0 Å². The highest BCUT2D eigenvalue weighted by Gasteiger charge is 2.19. The van der Waals surface area contributed by atoms with Gasteiger partial charge in [-0.2, -0.15) is 0 Å². The average Bonchev–Trinajstić information content (AvgIpc) is 2.43. The molecule has 0 aliphatic heterocycles. The molecule has 0 N–H and O–H groups in total. The number of aryl methyl sites for hydroxylation is 2. The molecule has 0 aliphatic carbocycles. The number of nitro benzene ring substituents is 1. The smallest absolute Gasteiger partial charge is 0.345 e. The number of ether oxygens (including phenoxy) is 1. The second kappa shape index (κ2) is 5.93. The van der Waals surface area contributed by atoms with Gasteiger partial charge in [0.2, 0.25) is 0 Å². The molecule has 21 heavy (non-hydrogen) atoms. The Morgan fingerprint density at radius 1 is 1.19 bits per heavy atom. The summed E-state index contributed by atoms with van der Waals surface area (Å²) in [5, 5.41) is 10.9. The predicted octanol–water partition coefficient (Wildman–Crippen LogP) is 4.08. The molecule has 2 rings (SSSR count). The summed E-state index contributed by atoms with van der Waals surface area (Å²) < 4.78 is 5.33. The van der Waals surface area contributed by atoms with Crippen molar-refractivity contribution in [3.05, 3.63) is 68.2 Å². The number of hydrogen-bond acceptors (Lipinski definition) is 4. The SMILES string of the molecule is Cc1cccc(C)c1OC(=O)c1cc([N+](=O)[O-])ccc1Cl. The van der Waals surface area contributed by atoms with Gasteiger partial charge in [-0.3, -0.25) is 10.1 Å². The van der Waals surface area contributed by atoms with Crippen LogP contribution < -0.4 is 4.74 Å². The molecule has 0 atom stereocenters. The van der Waals surface area contributed by atoms with Gasteiger partial charge in [-0.15, -0.1) is 0 Å². The number of esters is 1. The molecular weight excluding hydrogens is 294 g/mol. The number of para-hydroxylation sites is 1. The third-order valence-electron chi connectivity index (χ3n) is 2.98. The Hall–Kier alpha value is -2.40. The molecule has 0 aliphatic rings. The summed E-state index contributed by atoms with van der Waals surface area (Å²) in [4.78, 5) is 22.4. The molecular formula is C15H12ClNO4. The molecule has 2 aromatic carbocycles. The molecule has 0 saturated carbocycles. The third-order valence-corrected chi connectivity index (χ3v) is 3.31. The van der Waals surface area contributed by atoms with Gasteiger partial charge < -0.3 is 4.74 Å². The monoisotopic (exact) mass is 305 g/mol. The van der Waals surface area contributed by atoms with E-state index in [1.807, 2.05) is 32.0 Å². The molecule has 2 aromatic rings. The van der Waals surface area contributed by atoms with E-state index in [0.717, 1.165) is 17.2 Å². The summed E-state index contributed by atoms with van der Waals surface area (Å²) in [6.07, 6.45) is 0. The molecule has 108 valence electrons. The Morgan fingerprint density at radius 3 is 2.38 bits per heavy atom. The van der Waals surface area contributed by atoms with Crippen LogP contribution in [0.25, 0.3) is 0 Å². The first-order chi connectivity index (χ1) is 9.90. The second-order valence-electron chi connectivity index (χ2n) is 4.53. The van der Waals surface area contributed by atoms with Gasteiger partial charge >= 0.3 is 5.97 Å². The zero-order valence-corrected chi connectivity index (χ0v) is 12.2. The van der Waals surface area contributed by atoms with Crippen molar-refractivity contribution >= 4 is 23.3 Å². The third kappa shape index (κ3) is 3.20. The van der Waals surface area contributed by atoms with Crippen molar-refractivity contribution in [1.29, 1.82) is 0 Å². The summed E-state index contributed by atoms with van der Waals surface area (Å²) in [5.74, 6) is -0.286. The fourth-order valence-corrected chi connectivity index (χ4v) is 2.09. The highest BCUT2D eigenvalue weighted by molar-refractivity contribution is 6.33. The van der Waals surface area contributed by atoms with E-state index in [4.69, 9.17) is 16.3 Å². The number of halogens is 1. The molecule has 0 heterocycles. The van der Waals surface area contributed by atoms with E-state index in [1.54, 1.807) is 0 Å². The zero-order chi connectivity index (χ0) is 15.6. The Balaban J connectivity index is 2.37.